The fourth-order valence-corrected chi connectivity index (χ4v) is 2.72. The number of hydrogen-bond donors (Lipinski definition) is 1. The summed E-state index contributed by atoms with van der Waals surface area (Å²) in [4.78, 5) is 25.8. The van der Waals surface area contributed by atoms with Crippen LogP contribution in [0, 0.1) is 5.82 Å². The number of nitrogens with one attached hydrogen (secondary N) is 1. The monoisotopic (exact) mass is 352 g/mol. The van der Waals surface area contributed by atoms with Crippen LogP contribution in [0.15, 0.2) is 41.2 Å². The van der Waals surface area contributed by atoms with Gasteiger partial charge in [-0.2, -0.15) is 5.10 Å². The fraction of sp³-hybridized carbons (Fsp3) is 0.312. The van der Waals surface area contributed by atoms with Crippen molar-refractivity contribution in [3.05, 3.63) is 63.8 Å². The van der Waals surface area contributed by atoms with Crippen molar-refractivity contribution < 1.29 is 9.18 Å². The summed E-state index contributed by atoms with van der Waals surface area (Å²) in [5.41, 5.74) is 0.661. The molecule has 1 amide bonds. The van der Waals surface area contributed by atoms with E-state index in [1.807, 2.05) is 0 Å². The molecule has 3 rings (SSSR count). The average Bonchev–Trinajstić information content (AvgIpc) is 2.57. The summed E-state index contributed by atoms with van der Waals surface area (Å²) >= 11 is 0. The summed E-state index contributed by atoms with van der Waals surface area (Å²) in [5, 5.41) is 7.23. The minimum absolute atomic E-state index is 0. The Morgan fingerprint density at radius 2 is 2.12 bits per heavy atom. The lowest BCUT2D eigenvalue weighted by Crippen LogP contribution is -2.49. The van der Waals surface area contributed by atoms with Crippen molar-refractivity contribution in [3.63, 3.8) is 0 Å². The Labute approximate surface area is 144 Å². The zero-order chi connectivity index (χ0) is 16.4. The van der Waals surface area contributed by atoms with Crippen molar-refractivity contribution in [2.75, 3.05) is 19.6 Å². The van der Waals surface area contributed by atoms with E-state index in [1.165, 1.54) is 31.3 Å². The first-order valence-corrected chi connectivity index (χ1v) is 7.38. The predicted octanol–water partition coefficient (Wildman–Crippen LogP) is 1.13. The maximum Gasteiger partial charge on any atom is 0.274 e. The Morgan fingerprint density at radius 3 is 2.83 bits per heavy atom. The average molecular weight is 353 g/mol. The van der Waals surface area contributed by atoms with Crippen molar-refractivity contribution in [1.82, 2.24) is 20.0 Å². The number of benzene rings is 1. The normalized spacial score (nSPS) is 17.2. The number of piperazine rings is 1. The molecule has 1 aromatic carbocycles. The minimum atomic E-state index is -0.333. The number of rotatable bonds is 2. The van der Waals surface area contributed by atoms with E-state index in [0.717, 1.165) is 10.2 Å². The molecule has 2 aromatic rings. The van der Waals surface area contributed by atoms with Crippen molar-refractivity contribution >= 4 is 18.3 Å². The van der Waals surface area contributed by atoms with E-state index in [4.69, 9.17) is 0 Å². The van der Waals surface area contributed by atoms with Crippen LogP contribution in [0.4, 0.5) is 4.39 Å². The third kappa shape index (κ3) is 3.63. The van der Waals surface area contributed by atoms with Crippen LogP contribution in [0.1, 0.15) is 22.1 Å². The van der Waals surface area contributed by atoms with Crippen LogP contribution in [0.2, 0.25) is 0 Å². The van der Waals surface area contributed by atoms with E-state index in [2.05, 4.69) is 10.4 Å². The first-order chi connectivity index (χ1) is 11.1. The van der Waals surface area contributed by atoms with Crippen LogP contribution in [0.5, 0.6) is 0 Å². The summed E-state index contributed by atoms with van der Waals surface area (Å²) < 4.78 is 14.6. The van der Waals surface area contributed by atoms with Gasteiger partial charge in [-0.15, -0.1) is 12.4 Å². The Kier molecular flexibility index (Phi) is 5.69. The van der Waals surface area contributed by atoms with Crippen molar-refractivity contribution in [2.24, 2.45) is 7.05 Å². The van der Waals surface area contributed by atoms with Crippen LogP contribution >= 0.6 is 12.4 Å². The van der Waals surface area contributed by atoms with Gasteiger partial charge in [0, 0.05) is 32.7 Å². The minimum Gasteiger partial charge on any atom is -0.328 e. The number of aromatic nitrogens is 2. The Morgan fingerprint density at radius 1 is 1.33 bits per heavy atom. The molecule has 0 radical (unpaired) electrons. The molecule has 6 nitrogen and oxygen atoms in total. The predicted molar refractivity (Wildman–Crippen MR) is 89.8 cm³/mol. The number of aryl methyl sites for hydroxylation is 1. The van der Waals surface area contributed by atoms with Crippen LogP contribution in [0.25, 0.3) is 0 Å². The lowest BCUT2D eigenvalue weighted by molar-refractivity contribution is 0.0625. The molecule has 1 N–H and O–H groups in total. The second-order valence-corrected chi connectivity index (χ2v) is 5.45. The molecule has 1 fully saturated rings. The number of carbonyl (C=O) groups is 1. The molecule has 1 aliphatic rings. The molecule has 1 saturated heterocycles. The zero-order valence-electron chi connectivity index (χ0n) is 13.1. The van der Waals surface area contributed by atoms with E-state index in [0.29, 0.717) is 19.6 Å². The number of halogens is 2. The lowest BCUT2D eigenvalue weighted by atomic mass is 10.0. The molecule has 0 aliphatic carbocycles. The summed E-state index contributed by atoms with van der Waals surface area (Å²) in [7, 11) is 1.50. The summed E-state index contributed by atoms with van der Waals surface area (Å²) in [6.45, 7) is 1.69. The van der Waals surface area contributed by atoms with Gasteiger partial charge in [0.15, 0.2) is 0 Å². The summed E-state index contributed by atoms with van der Waals surface area (Å²) in [5.74, 6) is -0.600. The molecule has 24 heavy (non-hydrogen) atoms. The van der Waals surface area contributed by atoms with E-state index in [1.54, 1.807) is 17.0 Å². The Bertz CT molecular complexity index is 796. The van der Waals surface area contributed by atoms with Gasteiger partial charge in [-0.1, -0.05) is 12.1 Å². The van der Waals surface area contributed by atoms with Gasteiger partial charge in [0.05, 0.1) is 6.04 Å². The third-order valence-corrected chi connectivity index (χ3v) is 3.92. The maximum atomic E-state index is 13.5. The highest BCUT2D eigenvalue weighted by molar-refractivity contribution is 5.92. The van der Waals surface area contributed by atoms with Gasteiger partial charge in [-0.05, 0) is 23.8 Å². The topological polar surface area (TPSA) is 67.2 Å². The van der Waals surface area contributed by atoms with E-state index < -0.39 is 0 Å². The van der Waals surface area contributed by atoms with Gasteiger partial charge in [0.25, 0.3) is 11.5 Å². The van der Waals surface area contributed by atoms with Gasteiger partial charge in [0.1, 0.15) is 11.5 Å². The molecular formula is C16H18ClFN4O2. The smallest absolute Gasteiger partial charge is 0.274 e. The molecular weight excluding hydrogens is 335 g/mol. The number of carbonyl (C=O) groups excluding carboxylic acids is 1. The van der Waals surface area contributed by atoms with E-state index in [-0.39, 0.29) is 41.4 Å². The molecule has 8 heteroatoms. The van der Waals surface area contributed by atoms with Gasteiger partial charge in [-0.3, -0.25) is 9.59 Å². The molecule has 128 valence electrons. The van der Waals surface area contributed by atoms with Gasteiger partial charge < -0.3 is 10.2 Å². The molecule has 1 unspecified atom stereocenters. The molecule has 1 aromatic heterocycles. The van der Waals surface area contributed by atoms with Crippen molar-refractivity contribution in [1.29, 1.82) is 0 Å². The molecule has 0 bridgehead atoms. The summed E-state index contributed by atoms with van der Waals surface area (Å²) in [6, 6.07) is 8.72. The number of amides is 1. The highest BCUT2D eigenvalue weighted by Crippen LogP contribution is 2.24. The van der Waals surface area contributed by atoms with Crippen LogP contribution in [0.3, 0.4) is 0 Å². The SMILES string of the molecule is Cl.Cn1nc(C(=O)N2CCNCC2c2cccc(F)c2)ccc1=O. The van der Waals surface area contributed by atoms with Crippen LogP contribution in [-0.2, 0) is 7.05 Å². The molecule has 0 spiro atoms. The number of nitrogens with zero attached hydrogens (tertiary/aromatic N) is 3. The molecule has 0 saturated carbocycles. The van der Waals surface area contributed by atoms with Gasteiger partial charge >= 0.3 is 0 Å². The van der Waals surface area contributed by atoms with Gasteiger partial charge in [-0.25, -0.2) is 9.07 Å². The highest BCUT2D eigenvalue weighted by Gasteiger charge is 2.29. The Hall–Kier alpha value is -2.25. The third-order valence-electron chi connectivity index (χ3n) is 3.92. The number of hydrogen-bond acceptors (Lipinski definition) is 4. The largest absolute Gasteiger partial charge is 0.328 e. The first-order valence-electron chi connectivity index (χ1n) is 7.38. The molecule has 2 heterocycles. The second-order valence-electron chi connectivity index (χ2n) is 5.45. The summed E-state index contributed by atoms with van der Waals surface area (Å²) in [6.07, 6.45) is 0. The zero-order valence-corrected chi connectivity index (χ0v) is 13.9. The lowest BCUT2D eigenvalue weighted by Gasteiger charge is -2.36. The van der Waals surface area contributed by atoms with E-state index >= 15 is 0 Å². The van der Waals surface area contributed by atoms with Crippen molar-refractivity contribution in [2.45, 2.75) is 6.04 Å². The standard InChI is InChI=1S/C16H17FN4O2.ClH/c1-20-15(22)6-5-13(19-20)16(23)21-8-7-18-10-14(21)11-3-2-4-12(17)9-11;/h2-6,9,14,18H,7-8,10H2,1H3;1H. The molecule has 1 atom stereocenters. The second kappa shape index (κ2) is 7.55. The van der Waals surface area contributed by atoms with Gasteiger partial charge in [0.2, 0.25) is 0 Å². The van der Waals surface area contributed by atoms with Crippen LogP contribution in [-0.4, -0.2) is 40.2 Å². The maximum absolute atomic E-state index is 13.5. The van der Waals surface area contributed by atoms with Crippen molar-refractivity contribution in [3.8, 4) is 0 Å². The Balaban J connectivity index is 0.00000208. The highest BCUT2D eigenvalue weighted by atomic mass is 35.5. The van der Waals surface area contributed by atoms with E-state index in [9.17, 15) is 14.0 Å². The molecule has 1 aliphatic heterocycles. The quantitative estimate of drug-likeness (QED) is 0.879. The van der Waals surface area contributed by atoms with Crippen LogP contribution < -0.4 is 10.9 Å². The first kappa shape index (κ1) is 18.1. The fourth-order valence-electron chi connectivity index (χ4n) is 2.72.